The van der Waals surface area contributed by atoms with Gasteiger partial charge in [0.25, 0.3) is 0 Å². The van der Waals surface area contributed by atoms with E-state index in [1.807, 2.05) is 32.0 Å². The normalized spacial score (nSPS) is 11.8. The van der Waals surface area contributed by atoms with Crippen LogP contribution in [0.25, 0.3) is 0 Å². The SMILES string of the molecule is CC(C)NC(=O)CCNC(=O)NCC[C@H](C)c1ccccc1. The van der Waals surface area contributed by atoms with Crippen molar-refractivity contribution in [3.05, 3.63) is 35.9 Å². The van der Waals surface area contributed by atoms with Gasteiger partial charge < -0.3 is 16.0 Å². The van der Waals surface area contributed by atoms with Crippen LogP contribution >= 0.6 is 0 Å². The number of urea groups is 1. The number of carbonyl (C=O) groups is 2. The van der Waals surface area contributed by atoms with Gasteiger partial charge in [0.1, 0.15) is 0 Å². The van der Waals surface area contributed by atoms with E-state index in [9.17, 15) is 9.59 Å². The second kappa shape index (κ2) is 9.82. The van der Waals surface area contributed by atoms with Crippen molar-refractivity contribution in [2.24, 2.45) is 0 Å². The lowest BCUT2D eigenvalue weighted by Crippen LogP contribution is -2.39. The van der Waals surface area contributed by atoms with Crippen molar-refractivity contribution in [2.45, 2.75) is 45.6 Å². The first-order chi connectivity index (χ1) is 10.5. The summed E-state index contributed by atoms with van der Waals surface area (Å²) in [6.07, 6.45) is 1.18. The molecule has 1 aromatic rings. The number of benzene rings is 1. The topological polar surface area (TPSA) is 70.2 Å². The van der Waals surface area contributed by atoms with E-state index in [2.05, 4.69) is 35.0 Å². The second-order valence-corrected chi connectivity index (χ2v) is 5.76. The zero-order valence-corrected chi connectivity index (χ0v) is 13.7. The predicted molar refractivity (Wildman–Crippen MR) is 88.8 cm³/mol. The average Bonchev–Trinajstić information content (AvgIpc) is 2.47. The van der Waals surface area contributed by atoms with E-state index in [-0.39, 0.29) is 18.0 Å². The third-order valence-electron chi connectivity index (χ3n) is 3.32. The molecule has 0 aromatic heterocycles. The summed E-state index contributed by atoms with van der Waals surface area (Å²) < 4.78 is 0. The summed E-state index contributed by atoms with van der Waals surface area (Å²) in [5, 5.41) is 8.29. The Morgan fingerprint density at radius 2 is 1.64 bits per heavy atom. The van der Waals surface area contributed by atoms with Crippen LogP contribution in [0.5, 0.6) is 0 Å². The van der Waals surface area contributed by atoms with Crippen molar-refractivity contribution in [3.63, 3.8) is 0 Å². The molecule has 0 bridgehead atoms. The van der Waals surface area contributed by atoms with Crippen molar-refractivity contribution in [1.29, 1.82) is 0 Å². The first-order valence-corrected chi connectivity index (χ1v) is 7.85. The Morgan fingerprint density at radius 1 is 1.00 bits per heavy atom. The summed E-state index contributed by atoms with van der Waals surface area (Å²) in [5.74, 6) is 0.353. The molecule has 1 rings (SSSR count). The van der Waals surface area contributed by atoms with Crippen LogP contribution in [0.1, 0.15) is 45.1 Å². The molecule has 0 unspecified atom stereocenters. The third kappa shape index (κ3) is 7.67. The standard InChI is InChI=1S/C17H27N3O2/c1-13(2)20-16(21)10-12-19-17(22)18-11-9-14(3)15-7-5-4-6-8-15/h4-8,13-14H,9-12H2,1-3H3,(H,20,21)(H2,18,19,22)/t14-/m0/s1. The third-order valence-corrected chi connectivity index (χ3v) is 3.32. The first kappa shape index (κ1) is 18.0. The molecule has 0 aliphatic heterocycles. The molecule has 0 aliphatic carbocycles. The van der Waals surface area contributed by atoms with Crippen molar-refractivity contribution < 1.29 is 9.59 Å². The van der Waals surface area contributed by atoms with Gasteiger partial charge in [-0.25, -0.2) is 4.79 Å². The van der Waals surface area contributed by atoms with Crippen LogP contribution in [0.4, 0.5) is 4.79 Å². The Morgan fingerprint density at radius 3 is 2.27 bits per heavy atom. The van der Waals surface area contributed by atoms with Gasteiger partial charge in [-0.05, 0) is 31.7 Å². The minimum atomic E-state index is -0.224. The summed E-state index contributed by atoms with van der Waals surface area (Å²) in [5.41, 5.74) is 1.27. The van der Waals surface area contributed by atoms with E-state index in [1.54, 1.807) is 0 Å². The van der Waals surface area contributed by atoms with Crippen LogP contribution < -0.4 is 16.0 Å². The molecule has 0 heterocycles. The summed E-state index contributed by atoms with van der Waals surface area (Å²) in [6.45, 7) is 6.92. The molecule has 0 saturated carbocycles. The highest BCUT2D eigenvalue weighted by molar-refractivity contribution is 5.78. The Bertz CT molecular complexity index is 460. The molecule has 0 aliphatic rings. The van der Waals surface area contributed by atoms with Gasteiger partial charge in [-0.3, -0.25) is 4.79 Å². The molecule has 122 valence electrons. The van der Waals surface area contributed by atoms with E-state index < -0.39 is 0 Å². The fraction of sp³-hybridized carbons (Fsp3) is 0.529. The van der Waals surface area contributed by atoms with E-state index in [0.29, 0.717) is 25.4 Å². The number of carbonyl (C=O) groups excluding carboxylic acids is 2. The molecule has 0 saturated heterocycles. The summed E-state index contributed by atoms with van der Waals surface area (Å²) in [6, 6.07) is 10.1. The minimum absolute atomic E-state index is 0.0481. The average molecular weight is 305 g/mol. The van der Waals surface area contributed by atoms with Gasteiger partial charge in [-0.2, -0.15) is 0 Å². The molecule has 1 aromatic carbocycles. The molecular formula is C17H27N3O2. The monoisotopic (exact) mass is 305 g/mol. The van der Waals surface area contributed by atoms with Crippen LogP contribution in [0.2, 0.25) is 0 Å². The van der Waals surface area contributed by atoms with Gasteiger partial charge >= 0.3 is 6.03 Å². The fourth-order valence-electron chi connectivity index (χ4n) is 2.10. The van der Waals surface area contributed by atoms with E-state index in [4.69, 9.17) is 0 Å². The lowest BCUT2D eigenvalue weighted by atomic mass is 9.98. The maximum atomic E-state index is 11.6. The first-order valence-electron chi connectivity index (χ1n) is 7.85. The lowest BCUT2D eigenvalue weighted by Gasteiger charge is -2.13. The van der Waals surface area contributed by atoms with Gasteiger partial charge in [0.2, 0.25) is 5.91 Å². The highest BCUT2D eigenvalue weighted by Crippen LogP contribution is 2.17. The molecule has 0 fully saturated rings. The van der Waals surface area contributed by atoms with Gasteiger partial charge in [0.15, 0.2) is 0 Å². The molecule has 0 radical (unpaired) electrons. The molecule has 5 heteroatoms. The number of hydrogen-bond donors (Lipinski definition) is 3. The predicted octanol–water partition coefficient (Wildman–Crippen LogP) is 2.39. The molecular weight excluding hydrogens is 278 g/mol. The number of amides is 3. The van der Waals surface area contributed by atoms with Crippen LogP contribution in [0, 0.1) is 0 Å². The van der Waals surface area contributed by atoms with Crippen LogP contribution in [-0.2, 0) is 4.79 Å². The smallest absolute Gasteiger partial charge is 0.314 e. The van der Waals surface area contributed by atoms with Crippen LogP contribution in [0.15, 0.2) is 30.3 Å². The van der Waals surface area contributed by atoms with Gasteiger partial charge in [0, 0.05) is 25.6 Å². The van der Waals surface area contributed by atoms with Gasteiger partial charge in [0.05, 0.1) is 0 Å². The highest BCUT2D eigenvalue weighted by atomic mass is 16.2. The lowest BCUT2D eigenvalue weighted by molar-refractivity contribution is -0.121. The number of rotatable bonds is 8. The minimum Gasteiger partial charge on any atom is -0.354 e. The molecule has 3 N–H and O–H groups in total. The second-order valence-electron chi connectivity index (χ2n) is 5.76. The van der Waals surface area contributed by atoms with E-state index in [0.717, 1.165) is 6.42 Å². The molecule has 0 spiro atoms. The maximum absolute atomic E-state index is 11.6. The van der Waals surface area contributed by atoms with Gasteiger partial charge in [-0.15, -0.1) is 0 Å². The zero-order valence-electron chi connectivity index (χ0n) is 13.7. The quantitative estimate of drug-likeness (QED) is 0.690. The number of hydrogen-bond acceptors (Lipinski definition) is 2. The highest BCUT2D eigenvalue weighted by Gasteiger charge is 2.07. The van der Waals surface area contributed by atoms with Crippen molar-refractivity contribution in [3.8, 4) is 0 Å². The summed E-state index contributed by atoms with van der Waals surface area (Å²) in [4.78, 5) is 23.0. The molecule has 22 heavy (non-hydrogen) atoms. The van der Waals surface area contributed by atoms with E-state index in [1.165, 1.54) is 5.56 Å². The largest absolute Gasteiger partial charge is 0.354 e. The van der Waals surface area contributed by atoms with Crippen molar-refractivity contribution in [2.75, 3.05) is 13.1 Å². The maximum Gasteiger partial charge on any atom is 0.314 e. The Balaban J connectivity index is 2.12. The molecule has 1 atom stereocenters. The Hall–Kier alpha value is -2.04. The summed E-state index contributed by atoms with van der Waals surface area (Å²) >= 11 is 0. The van der Waals surface area contributed by atoms with Crippen LogP contribution in [-0.4, -0.2) is 31.1 Å². The Labute approximate surface area is 132 Å². The van der Waals surface area contributed by atoms with Gasteiger partial charge in [-0.1, -0.05) is 37.3 Å². The summed E-state index contributed by atoms with van der Waals surface area (Å²) in [7, 11) is 0. The van der Waals surface area contributed by atoms with Crippen molar-refractivity contribution in [1.82, 2.24) is 16.0 Å². The van der Waals surface area contributed by atoms with Crippen LogP contribution in [0.3, 0.4) is 0 Å². The fourth-order valence-corrected chi connectivity index (χ4v) is 2.10. The number of nitrogens with one attached hydrogen (secondary N) is 3. The Kier molecular flexibility index (Phi) is 8.04. The molecule has 3 amide bonds. The zero-order chi connectivity index (χ0) is 16.4. The molecule has 5 nitrogen and oxygen atoms in total. The van der Waals surface area contributed by atoms with Crippen molar-refractivity contribution >= 4 is 11.9 Å². The van der Waals surface area contributed by atoms with E-state index >= 15 is 0 Å².